The normalized spacial score (nSPS) is 33.8. The lowest BCUT2D eigenvalue weighted by Crippen LogP contribution is -2.76. The maximum atomic E-state index is 12.3. The smallest absolute Gasteiger partial charge is 0.330 e. The minimum absolute atomic E-state index is 0.0922. The fraction of sp³-hybridized carbons (Fsp3) is 0.875. The molecule has 3 atom stereocenters. The molecule has 1 saturated heterocycles. The Morgan fingerprint density at radius 1 is 1.36 bits per heavy atom. The summed E-state index contributed by atoms with van der Waals surface area (Å²) >= 11 is 0. The summed E-state index contributed by atoms with van der Waals surface area (Å²) in [6, 6.07) is 0. The molecule has 1 heterocycles. The summed E-state index contributed by atoms with van der Waals surface area (Å²) in [5.74, 6) is -1.25. The first-order valence-electron chi connectivity index (χ1n) is 8.11. The molecule has 2 aliphatic rings. The van der Waals surface area contributed by atoms with Crippen LogP contribution in [0.3, 0.4) is 0 Å². The lowest BCUT2D eigenvalue weighted by Gasteiger charge is -2.58. The van der Waals surface area contributed by atoms with Gasteiger partial charge in [0, 0.05) is 25.0 Å². The van der Waals surface area contributed by atoms with Crippen LogP contribution in [0.5, 0.6) is 0 Å². The molecule has 1 amide bonds. The van der Waals surface area contributed by atoms with Crippen LogP contribution in [0.4, 0.5) is 0 Å². The Kier molecular flexibility index (Phi) is 5.12. The third-order valence-electron chi connectivity index (χ3n) is 5.17. The van der Waals surface area contributed by atoms with E-state index in [1.54, 1.807) is 0 Å². The summed E-state index contributed by atoms with van der Waals surface area (Å²) in [5, 5.41) is 12.4. The summed E-state index contributed by atoms with van der Waals surface area (Å²) < 4.78 is 11.1. The zero-order valence-corrected chi connectivity index (χ0v) is 13.7. The van der Waals surface area contributed by atoms with Crippen molar-refractivity contribution in [1.82, 2.24) is 5.32 Å². The number of carboxylic acids is 1. The van der Waals surface area contributed by atoms with Crippen LogP contribution in [0.1, 0.15) is 52.9 Å². The van der Waals surface area contributed by atoms with Crippen molar-refractivity contribution >= 4 is 11.9 Å². The Morgan fingerprint density at radius 2 is 2.09 bits per heavy atom. The van der Waals surface area contributed by atoms with Gasteiger partial charge in [-0.05, 0) is 26.2 Å². The average Bonchev–Trinajstić information content (AvgIpc) is 2.46. The van der Waals surface area contributed by atoms with Gasteiger partial charge < -0.3 is 19.9 Å². The Bertz CT molecular complexity index is 430. The molecule has 2 fully saturated rings. The van der Waals surface area contributed by atoms with Crippen molar-refractivity contribution in [2.75, 3.05) is 13.2 Å². The maximum absolute atomic E-state index is 12.3. The van der Waals surface area contributed by atoms with Gasteiger partial charge in [0.2, 0.25) is 5.91 Å². The lowest BCUT2D eigenvalue weighted by atomic mass is 9.54. The zero-order valence-electron chi connectivity index (χ0n) is 13.7. The third-order valence-corrected chi connectivity index (χ3v) is 5.17. The molecule has 6 heteroatoms. The van der Waals surface area contributed by atoms with Crippen LogP contribution in [0, 0.1) is 5.41 Å². The molecule has 22 heavy (non-hydrogen) atoms. The topological polar surface area (TPSA) is 84.9 Å². The van der Waals surface area contributed by atoms with Gasteiger partial charge in [-0.15, -0.1) is 0 Å². The number of amides is 1. The number of hydrogen-bond donors (Lipinski definition) is 2. The molecule has 3 unspecified atom stereocenters. The minimum atomic E-state index is -1.25. The number of ether oxygens (including phenoxy) is 2. The number of hydrogen-bond acceptors (Lipinski definition) is 4. The molecule has 1 saturated carbocycles. The first kappa shape index (κ1) is 17.2. The van der Waals surface area contributed by atoms with Gasteiger partial charge in [-0.1, -0.05) is 13.8 Å². The van der Waals surface area contributed by atoms with Crippen molar-refractivity contribution in [2.45, 2.75) is 70.6 Å². The minimum Gasteiger partial charge on any atom is -0.479 e. The number of carbonyl (C=O) groups excluding carboxylic acids is 1. The van der Waals surface area contributed by atoms with E-state index in [4.69, 9.17) is 9.47 Å². The van der Waals surface area contributed by atoms with Crippen molar-refractivity contribution in [3.05, 3.63) is 0 Å². The Hall–Kier alpha value is -1.14. The van der Waals surface area contributed by atoms with Crippen molar-refractivity contribution < 1.29 is 24.2 Å². The monoisotopic (exact) mass is 313 g/mol. The summed E-state index contributed by atoms with van der Waals surface area (Å²) in [6.07, 6.45) is 3.23. The van der Waals surface area contributed by atoms with Gasteiger partial charge in [0.1, 0.15) is 5.54 Å². The van der Waals surface area contributed by atoms with Crippen molar-refractivity contribution in [3.8, 4) is 0 Å². The Morgan fingerprint density at radius 3 is 2.59 bits per heavy atom. The lowest BCUT2D eigenvalue weighted by molar-refractivity contribution is -0.195. The van der Waals surface area contributed by atoms with E-state index in [2.05, 4.69) is 5.32 Å². The quantitative estimate of drug-likeness (QED) is 0.780. The fourth-order valence-corrected chi connectivity index (χ4v) is 3.50. The van der Waals surface area contributed by atoms with Crippen LogP contribution in [-0.4, -0.2) is 47.9 Å². The van der Waals surface area contributed by atoms with E-state index in [9.17, 15) is 14.7 Å². The highest BCUT2D eigenvalue weighted by atomic mass is 16.5. The fourth-order valence-electron chi connectivity index (χ4n) is 3.50. The van der Waals surface area contributed by atoms with Crippen LogP contribution in [-0.2, 0) is 19.1 Å². The van der Waals surface area contributed by atoms with Crippen molar-refractivity contribution in [2.24, 2.45) is 5.41 Å². The Labute approximate surface area is 131 Å². The van der Waals surface area contributed by atoms with Gasteiger partial charge in [-0.2, -0.15) is 0 Å². The molecule has 1 aliphatic heterocycles. The van der Waals surface area contributed by atoms with Gasteiger partial charge in [0.05, 0.1) is 18.6 Å². The SMILES string of the molecule is CCOC1CC(NC(=O)CC2CCCCO2)(C(=O)O)C1(C)C. The molecule has 1 aliphatic carbocycles. The van der Waals surface area contributed by atoms with Gasteiger partial charge >= 0.3 is 5.97 Å². The number of carboxylic acid groups (broad SMARTS) is 1. The van der Waals surface area contributed by atoms with E-state index in [-0.39, 0.29) is 24.5 Å². The number of aliphatic carboxylic acids is 1. The molecule has 0 radical (unpaired) electrons. The summed E-state index contributed by atoms with van der Waals surface area (Å²) in [5.41, 5.74) is -1.89. The molecule has 2 N–H and O–H groups in total. The summed E-state index contributed by atoms with van der Waals surface area (Å²) in [7, 11) is 0. The first-order chi connectivity index (χ1) is 10.3. The Balaban J connectivity index is 2.00. The van der Waals surface area contributed by atoms with Gasteiger partial charge in [0.15, 0.2) is 0 Å². The van der Waals surface area contributed by atoms with Gasteiger partial charge in [-0.3, -0.25) is 4.79 Å². The van der Waals surface area contributed by atoms with E-state index in [1.165, 1.54) is 0 Å². The van der Waals surface area contributed by atoms with E-state index >= 15 is 0 Å². The highest BCUT2D eigenvalue weighted by molar-refractivity contribution is 5.89. The van der Waals surface area contributed by atoms with E-state index in [0.717, 1.165) is 19.3 Å². The number of carbonyl (C=O) groups is 2. The molecule has 0 aromatic rings. The van der Waals surface area contributed by atoms with Gasteiger partial charge in [-0.25, -0.2) is 4.79 Å². The highest BCUT2D eigenvalue weighted by Gasteiger charge is 2.66. The average molecular weight is 313 g/mol. The first-order valence-corrected chi connectivity index (χ1v) is 8.11. The maximum Gasteiger partial charge on any atom is 0.330 e. The molecule has 0 aromatic carbocycles. The zero-order chi connectivity index (χ0) is 16.4. The molecule has 0 spiro atoms. The number of rotatable bonds is 6. The van der Waals surface area contributed by atoms with E-state index in [1.807, 2.05) is 20.8 Å². The third kappa shape index (κ3) is 2.99. The second-order valence-corrected chi connectivity index (χ2v) is 6.82. The van der Waals surface area contributed by atoms with Crippen LogP contribution in [0.15, 0.2) is 0 Å². The molecule has 126 valence electrons. The van der Waals surface area contributed by atoms with Crippen molar-refractivity contribution in [3.63, 3.8) is 0 Å². The second kappa shape index (κ2) is 6.54. The van der Waals surface area contributed by atoms with E-state index < -0.39 is 16.9 Å². The van der Waals surface area contributed by atoms with Gasteiger partial charge in [0.25, 0.3) is 0 Å². The summed E-state index contributed by atoms with van der Waals surface area (Å²) in [6.45, 7) is 6.77. The standard InChI is InChI=1S/C16H27NO5/c1-4-21-12-10-16(14(19)20,15(12,2)3)17-13(18)9-11-7-5-6-8-22-11/h11-12H,4-10H2,1-3H3,(H,17,18)(H,19,20). The molecule has 6 nitrogen and oxygen atoms in total. The summed E-state index contributed by atoms with van der Waals surface area (Å²) in [4.78, 5) is 24.1. The molecule has 2 rings (SSSR count). The van der Waals surface area contributed by atoms with Crippen molar-refractivity contribution in [1.29, 1.82) is 0 Å². The molecular weight excluding hydrogens is 286 g/mol. The van der Waals surface area contributed by atoms with Crippen LogP contribution >= 0.6 is 0 Å². The van der Waals surface area contributed by atoms with E-state index in [0.29, 0.717) is 19.6 Å². The number of nitrogens with one attached hydrogen (secondary N) is 1. The largest absolute Gasteiger partial charge is 0.479 e. The molecule has 0 aromatic heterocycles. The van der Waals surface area contributed by atoms with Crippen LogP contribution in [0.25, 0.3) is 0 Å². The molecular formula is C16H27NO5. The highest BCUT2D eigenvalue weighted by Crippen LogP contribution is 2.51. The van der Waals surface area contributed by atoms with Crippen LogP contribution < -0.4 is 5.32 Å². The van der Waals surface area contributed by atoms with Crippen LogP contribution in [0.2, 0.25) is 0 Å². The molecule has 0 bridgehead atoms. The predicted octanol–water partition coefficient (Wildman–Crippen LogP) is 1.72. The second-order valence-electron chi connectivity index (χ2n) is 6.82. The predicted molar refractivity (Wildman–Crippen MR) is 80.5 cm³/mol.